The number of fused-ring (bicyclic) bond motifs is 1. The number of hydrogen-bond donors (Lipinski definition) is 1. The van der Waals surface area contributed by atoms with Crippen LogP contribution in [0, 0.1) is 5.82 Å². The summed E-state index contributed by atoms with van der Waals surface area (Å²) >= 11 is 10.7. The maximum absolute atomic E-state index is 15.0. The molecule has 0 spiro atoms. The first-order valence-electron chi connectivity index (χ1n) is 9.09. The van der Waals surface area contributed by atoms with Gasteiger partial charge in [-0.05, 0) is 59.4 Å². The molecule has 5 nitrogen and oxygen atoms in total. The number of halogens is 3. The second kappa shape index (κ2) is 9.84. The lowest BCUT2D eigenvalue weighted by molar-refractivity contribution is 0.0920. The fourth-order valence-corrected chi connectivity index (χ4v) is 4.24. The molecule has 0 fully saturated rings. The van der Waals surface area contributed by atoms with Gasteiger partial charge in [-0.2, -0.15) is 0 Å². The van der Waals surface area contributed by atoms with Gasteiger partial charge in [-0.3, -0.25) is 9.69 Å². The van der Waals surface area contributed by atoms with E-state index in [4.69, 9.17) is 16.3 Å². The van der Waals surface area contributed by atoms with Crippen LogP contribution in [-0.2, 0) is 6.61 Å². The number of amides is 1. The van der Waals surface area contributed by atoms with E-state index in [0.29, 0.717) is 21.2 Å². The Balaban J connectivity index is 1.74. The molecule has 0 atom stereocenters. The summed E-state index contributed by atoms with van der Waals surface area (Å²) in [5.41, 5.74) is 0.694. The average molecular weight is 501 g/mol. The highest BCUT2D eigenvalue weighted by Gasteiger charge is 2.20. The van der Waals surface area contributed by atoms with Gasteiger partial charge in [0, 0.05) is 9.50 Å². The third kappa shape index (κ3) is 5.25. The predicted molar refractivity (Wildman–Crippen MR) is 118 cm³/mol. The van der Waals surface area contributed by atoms with Crippen molar-refractivity contribution >= 4 is 55.0 Å². The predicted octanol–water partition coefficient (Wildman–Crippen LogP) is 5.46. The summed E-state index contributed by atoms with van der Waals surface area (Å²) in [5, 5.41) is 4.04. The number of aromatic nitrogens is 1. The molecule has 29 heavy (non-hydrogen) atoms. The number of nitrogens with one attached hydrogen (secondary N) is 1. The Labute approximate surface area is 186 Å². The SMILES string of the molecule is CCN(CC)CNC(=O)c1c(Br)ccc(OCc2nc3cc(Cl)ccc3s2)c1F. The lowest BCUT2D eigenvalue weighted by atomic mass is 10.2. The molecule has 0 bridgehead atoms. The number of rotatable bonds is 8. The summed E-state index contributed by atoms with van der Waals surface area (Å²) in [6, 6.07) is 8.55. The lowest BCUT2D eigenvalue weighted by Crippen LogP contribution is -2.37. The van der Waals surface area contributed by atoms with E-state index in [1.54, 1.807) is 18.2 Å². The molecule has 0 unspecified atom stereocenters. The maximum Gasteiger partial charge on any atom is 0.256 e. The Hall–Kier alpha value is -1.74. The normalized spacial score (nSPS) is 11.2. The zero-order valence-corrected chi connectivity index (χ0v) is 19.1. The van der Waals surface area contributed by atoms with Crippen LogP contribution in [0.5, 0.6) is 5.75 Å². The molecule has 1 amide bonds. The van der Waals surface area contributed by atoms with Gasteiger partial charge in [0.2, 0.25) is 0 Å². The van der Waals surface area contributed by atoms with Crippen LogP contribution in [0.25, 0.3) is 10.2 Å². The summed E-state index contributed by atoms with van der Waals surface area (Å²) in [5.74, 6) is -1.21. The van der Waals surface area contributed by atoms with Crippen LogP contribution in [0.1, 0.15) is 29.2 Å². The van der Waals surface area contributed by atoms with E-state index in [1.807, 2.05) is 24.8 Å². The molecule has 0 aliphatic heterocycles. The molecule has 0 saturated heterocycles. The summed E-state index contributed by atoms with van der Waals surface area (Å²) in [4.78, 5) is 19.0. The number of benzene rings is 2. The fraction of sp³-hybridized carbons (Fsp3) is 0.300. The highest BCUT2D eigenvalue weighted by Crippen LogP contribution is 2.30. The van der Waals surface area contributed by atoms with E-state index in [-0.39, 0.29) is 17.9 Å². The molecule has 2 aromatic carbocycles. The minimum Gasteiger partial charge on any atom is -0.483 e. The molecule has 0 aliphatic carbocycles. The highest BCUT2D eigenvalue weighted by molar-refractivity contribution is 9.10. The largest absolute Gasteiger partial charge is 0.483 e. The van der Waals surface area contributed by atoms with Crippen LogP contribution >= 0.6 is 38.9 Å². The van der Waals surface area contributed by atoms with Crippen LogP contribution in [0.15, 0.2) is 34.8 Å². The van der Waals surface area contributed by atoms with Gasteiger partial charge in [0.05, 0.1) is 22.4 Å². The number of carbonyl (C=O) groups excluding carboxylic acids is 1. The Morgan fingerprint density at radius 1 is 1.31 bits per heavy atom. The maximum atomic E-state index is 15.0. The second-order valence-electron chi connectivity index (χ2n) is 6.21. The van der Waals surface area contributed by atoms with Crippen molar-refractivity contribution in [3.63, 3.8) is 0 Å². The van der Waals surface area contributed by atoms with Crippen LogP contribution in [0.3, 0.4) is 0 Å². The van der Waals surface area contributed by atoms with Gasteiger partial charge < -0.3 is 10.1 Å². The van der Waals surface area contributed by atoms with Crippen molar-refractivity contribution < 1.29 is 13.9 Å². The van der Waals surface area contributed by atoms with Crippen LogP contribution in [0.2, 0.25) is 5.02 Å². The van der Waals surface area contributed by atoms with E-state index >= 15 is 0 Å². The van der Waals surface area contributed by atoms with Gasteiger partial charge in [0.1, 0.15) is 11.6 Å². The van der Waals surface area contributed by atoms with Crippen molar-refractivity contribution in [2.75, 3.05) is 19.8 Å². The van der Waals surface area contributed by atoms with Crippen LogP contribution < -0.4 is 10.1 Å². The number of ether oxygens (including phenoxy) is 1. The molecule has 3 rings (SSSR count). The van der Waals surface area contributed by atoms with Crippen molar-refractivity contribution in [1.82, 2.24) is 15.2 Å². The Kier molecular flexibility index (Phi) is 7.45. The lowest BCUT2D eigenvalue weighted by Gasteiger charge is -2.19. The van der Waals surface area contributed by atoms with Gasteiger partial charge in [-0.15, -0.1) is 11.3 Å². The van der Waals surface area contributed by atoms with Crippen molar-refractivity contribution in [2.45, 2.75) is 20.5 Å². The van der Waals surface area contributed by atoms with Crippen molar-refractivity contribution in [3.05, 3.63) is 56.2 Å². The molecule has 1 heterocycles. The van der Waals surface area contributed by atoms with Gasteiger partial charge in [-0.25, -0.2) is 9.37 Å². The summed E-state index contributed by atoms with van der Waals surface area (Å²) in [7, 11) is 0. The van der Waals surface area contributed by atoms with Crippen molar-refractivity contribution in [3.8, 4) is 5.75 Å². The molecule has 1 aromatic heterocycles. The highest BCUT2D eigenvalue weighted by atomic mass is 79.9. The smallest absolute Gasteiger partial charge is 0.256 e. The molecular formula is C20H20BrClFN3O2S. The standard InChI is InChI=1S/C20H20BrClFN3O2S/c1-3-26(4-2)11-24-20(27)18-13(21)6-7-15(19(18)23)28-10-17-25-14-9-12(22)5-8-16(14)29-17/h5-9H,3-4,10-11H2,1-2H3,(H,24,27). The van der Waals surface area contributed by atoms with E-state index in [1.165, 1.54) is 17.4 Å². The zero-order chi connectivity index (χ0) is 21.0. The molecule has 0 aliphatic rings. The zero-order valence-electron chi connectivity index (χ0n) is 16.0. The minimum atomic E-state index is -0.708. The Morgan fingerprint density at radius 3 is 2.79 bits per heavy atom. The van der Waals surface area contributed by atoms with Crippen LogP contribution in [-0.4, -0.2) is 35.5 Å². The summed E-state index contributed by atoms with van der Waals surface area (Å²) in [6.45, 7) is 6.01. The quantitative estimate of drug-likeness (QED) is 0.417. The van der Waals surface area contributed by atoms with Gasteiger partial charge >= 0.3 is 0 Å². The van der Waals surface area contributed by atoms with E-state index in [9.17, 15) is 9.18 Å². The van der Waals surface area contributed by atoms with Gasteiger partial charge in [0.25, 0.3) is 5.91 Å². The fourth-order valence-electron chi connectivity index (χ4n) is 2.72. The number of thiazole rings is 1. The van der Waals surface area contributed by atoms with Gasteiger partial charge in [-0.1, -0.05) is 25.4 Å². The molecule has 0 radical (unpaired) electrons. The van der Waals surface area contributed by atoms with E-state index in [2.05, 4.69) is 26.2 Å². The molecule has 9 heteroatoms. The molecule has 3 aromatic rings. The van der Waals surface area contributed by atoms with E-state index < -0.39 is 11.7 Å². The second-order valence-corrected chi connectivity index (χ2v) is 8.62. The van der Waals surface area contributed by atoms with Crippen LogP contribution in [0.4, 0.5) is 4.39 Å². The molecule has 1 N–H and O–H groups in total. The summed E-state index contributed by atoms with van der Waals surface area (Å²) < 4.78 is 21.9. The minimum absolute atomic E-state index is 0.00141. The first-order chi connectivity index (χ1) is 13.9. The van der Waals surface area contributed by atoms with E-state index in [0.717, 1.165) is 23.3 Å². The number of carbonyl (C=O) groups is 1. The first-order valence-corrected chi connectivity index (χ1v) is 11.1. The van der Waals surface area contributed by atoms with Crippen molar-refractivity contribution in [1.29, 1.82) is 0 Å². The van der Waals surface area contributed by atoms with Gasteiger partial charge in [0.15, 0.2) is 11.6 Å². The number of hydrogen-bond acceptors (Lipinski definition) is 5. The number of nitrogens with zero attached hydrogens (tertiary/aromatic N) is 2. The average Bonchev–Trinajstić information content (AvgIpc) is 3.10. The first kappa shape index (κ1) is 22.0. The summed E-state index contributed by atoms with van der Waals surface area (Å²) in [6.07, 6.45) is 0. The third-order valence-electron chi connectivity index (χ3n) is 4.39. The molecule has 154 valence electrons. The monoisotopic (exact) mass is 499 g/mol. The Morgan fingerprint density at radius 2 is 2.07 bits per heavy atom. The van der Waals surface area contributed by atoms with Crippen molar-refractivity contribution in [2.24, 2.45) is 0 Å². The Bertz CT molecular complexity index is 1030. The molecule has 0 saturated carbocycles. The topological polar surface area (TPSA) is 54.5 Å². The third-order valence-corrected chi connectivity index (χ3v) is 6.29. The molecular weight excluding hydrogens is 481 g/mol.